The van der Waals surface area contributed by atoms with Crippen molar-refractivity contribution in [1.82, 2.24) is 20.2 Å². The van der Waals surface area contributed by atoms with E-state index in [1.54, 1.807) is 4.90 Å². The summed E-state index contributed by atoms with van der Waals surface area (Å²) in [7, 11) is 0. The van der Waals surface area contributed by atoms with Gasteiger partial charge in [-0.3, -0.25) is 0 Å². The quantitative estimate of drug-likeness (QED) is 0.824. The van der Waals surface area contributed by atoms with Crippen molar-refractivity contribution in [3.63, 3.8) is 0 Å². The molecule has 1 aromatic carbocycles. The van der Waals surface area contributed by atoms with Gasteiger partial charge in [0, 0.05) is 12.1 Å². The molecule has 0 spiro atoms. The fraction of sp³-hybridized carbons (Fsp3) is 0.650. The van der Waals surface area contributed by atoms with Gasteiger partial charge in [0.15, 0.2) is 0 Å². The average molecular weight is 358 g/mol. The highest BCUT2D eigenvalue weighted by molar-refractivity contribution is 5.46. The van der Waals surface area contributed by atoms with Crippen LogP contribution in [0.4, 0.5) is 5.69 Å². The number of nitrogens with one attached hydrogen (secondary N) is 1. The molecule has 0 aliphatic carbocycles. The smallest absolute Gasteiger partial charge is 0.209 e. The Labute approximate surface area is 157 Å². The second-order valence-electron chi connectivity index (χ2n) is 7.94. The number of nitrogens with zero attached hydrogens (tertiary/aromatic N) is 5. The van der Waals surface area contributed by atoms with Gasteiger partial charge >= 0.3 is 0 Å². The van der Waals surface area contributed by atoms with Crippen molar-refractivity contribution in [3.8, 4) is 0 Å². The molecule has 1 saturated heterocycles. The molecule has 1 atom stereocenters. The molecule has 6 heteroatoms. The minimum Gasteiger partial charge on any atom is -0.360 e. The van der Waals surface area contributed by atoms with Crippen molar-refractivity contribution in [3.05, 3.63) is 36.2 Å². The highest BCUT2D eigenvalue weighted by atomic mass is 15.6. The van der Waals surface area contributed by atoms with E-state index in [1.807, 2.05) is 0 Å². The van der Waals surface area contributed by atoms with Crippen LogP contribution >= 0.6 is 0 Å². The maximum Gasteiger partial charge on any atom is 0.209 e. The van der Waals surface area contributed by atoms with Crippen LogP contribution < -0.4 is 9.80 Å². The zero-order chi connectivity index (χ0) is 18.6. The Balaban J connectivity index is 1.75. The van der Waals surface area contributed by atoms with Crippen LogP contribution in [0.25, 0.3) is 0 Å². The number of quaternary nitrogens is 1. The molecular weight excluding hydrogens is 324 g/mol. The number of hydrogen-bond acceptors (Lipinski definition) is 4. The highest BCUT2D eigenvalue weighted by Crippen LogP contribution is 2.23. The van der Waals surface area contributed by atoms with Crippen molar-refractivity contribution in [2.24, 2.45) is 0 Å². The number of hydrogen-bond donors (Lipinski definition) is 1. The van der Waals surface area contributed by atoms with Gasteiger partial charge in [0.1, 0.15) is 6.04 Å². The van der Waals surface area contributed by atoms with Gasteiger partial charge in [-0.05, 0) is 42.8 Å². The van der Waals surface area contributed by atoms with Crippen LogP contribution in [0.15, 0.2) is 30.3 Å². The lowest BCUT2D eigenvalue weighted by molar-refractivity contribution is -0.933. The average Bonchev–Trinajstić information content (AvgIpc) is 3.17. The third-order valence-corrected chi connectivity index (χ3v) is 5.84. The molecule has 0 unspecified atom stereocenters. The lowest BCUT2D eigenvalue weighted by Gasteiger charge is -2.38. The molecule has 3 rings (SSSR count). The van der Waals surface area contributed by atoms with Gasteiger partial charge in [-0.2, -0.15) is 0 Å². The van der Waals surface area contributed by atoms with Gasteiger partial charge in [-0.25, -0.2) is 4.68 Å². The molecule has 2 heterocycles. The summed E-state index contributed by atoms with van der Waals surface area (Å²) in [4.78, 5) is 4.10. The highest BCUT2D eigenvalue weighted by Gasteiger charge is 2.35. The van der Waals surface area contributed by atoms with E-state index in [4.69, 9.17) is 0 Å². The van der Waals surface area contributed by atoms with Gasteiger partial charge in [0.05, 0.1) is 31.7 Å². The molecule has 2 aromatic rings. The number of piperazine rings is 1. The Hall–Kier alpha value is -1.95. The summed E-state index contributed by atoms with van der Waals surface area (Å²) in [5.74, 6) is 1.06. The van der Waals surface area contributed by atoms with Gasteiger partial charge in [0.2, 0.25) is 5.82 Å². The van der Waals surface area contributed by atoms with E-state index in [0.717, 1.165) is 51.3 Å². The fourth-order valence-corrected chi connectivity index (χ4v) is 3.84. The topological polar surface area (TPSA) is 51.3 Å². The van der Waals surface area contributed by atoms with Gasteiger partial charge in [-0.15, -0.1) is 5.10 Å². The molecule has 1 N–H and O–H groups in total. The first-order valence-corrected chi connectivity index (χ1v) is 10.00. The predicted octanol–water partition coefficient (Wildman–Crippen LogP) is 2.06. The van der Waals surface area contributed by atoms with Crippen LogP contribution in [0.1, 0.15) is 58.8 Å². The monoisotopic (exact) mass is 357 g/mol. The van der Waals surface area contributed by atoms with Gasteiger partial charge < -0.3 is 9.80 Å². The van der Waals surface area contributed by atoms with Crippen molar-refractivity contribution in [2.45, 2.75) is 58.5 Å². The number of rotatable bonds is 7. The number of benzene rings is 1. The lowest BCUT2D eigenvalue weighted by atomic mass is 10.0. The Morgan fingerprint density at radius 2 is 1.81 bits per heavy atom. The maximum absolute atomic E-state index is 4.47. The third kappa shape index (κ3) is 3.90. The zero-order valence-electron chi connectivity index (χ0n) is 16.6. The maximum atomic E-state index is 4.47. The molecule has 142 valence electrons. The van der Waals surface area contributed by atoms with Crippen LogP contribution in [-0.2, 0) is 5.54 Å². The summed E-state index contributed by atoms with van der Waals surface area (Å²) >= 11 is 0. The first-order chi connectivity index (χ1) is 12.6. The third-order valence-electron chi connectivity index (χ3n) is 5.84. The van der Waals surface area contributed by atoms with E-state index in [0.29, 0.717) is 6.04 Å². The molecule has 1 aliphatic rings. The van der Waals surface area contributed by atoms with Crippen LogP contribution in [0.5, 0.6) is 0 Å². The van der Waals surface area contributed by atoms with Crippen LogP contribution in [0.2, 0.25) is 0 Å². The number of tetrazole rings is 1. The van der Waals surface area contributed by atoms with E-state index in [1.165, 1.54) is 5.69 Å². The molecular formula is C20H33N6+. The standard InChI is InChI=1S/C20H32N6/c1-5-10-18(19-21-22-23-26(19)20(3,4)6-2)25-15-13-24(14-16-25)17-11-8-7-9-12-17/h7-9,11-12,18H,5-6,10,13-16H2,1-4H3/p+1/t18-/m1/s1. The fourth-order valence-electron chi connectivity index (χ4n) is 3.84. The van der Waals surface area contributed by atoms with Crippen molar-refractivity contribution in [1.29, 1.82) is 0 Å². The number of anilines is 1. The number of aromatic nitrogens is 4. The molecule has 0 amide bonds. The van der Waals surface area contributed by atoms with E-state index in [9.17, 15) is 0 Å². The summed E-state index contributed by atoms with van der Waals surface area (Å²) < 4.78 is 2.07. The molecule has 0 radical (unpaired) electrons. The SMILES string of the molecule is CCC[C@H](c1nnnn1C(C)(C)CC)[NH+]1CCN(c2ccccc2)CC1. The zero-order valence-corrected chi connectivity index (χ0v) is 16.6. The van der Waals surface area contributed by atoms with Crippen molar-refractivity contribution in [2.75, 3.05) is 31.1 Å². The molecule has 0 saturated carbocycles. The van der Waals surface area contributed by atoms with E-state index in [-0.39, 0.29) is 5.54 Å². The molecule has 1 fully saturated rings. The minimum absolute atomic E-state index is 0.0455. The summed E-state index contributed by atoms with van der Waals surface area (Å²) in [6.07, 6.45) is 3.29. The Morgan fingerprint density at radius 3 is 2.42 bits per heavy atom. The van der Waals surface area contributed by atoms with Crippen molar-refractivity contribution >= 4 is 5.69 Å². The largest absolute Gasteiger partial charge is 0.360 e. The predicted molar refractivity (Wildman–Crippen MR) is 104 cm³/mol. The summed E-state index contributed by atoms with van der Waals surface area (Å²) in [6.45, 7) is 13.3. The summed E-state index contributed by atoms with van der Waals surface area (Å²) in [6, 6.07) is 11.1. The van der Waals surface area contributed by atoms with E-state index < -0.39 is 0 Å². The van der Waals surface area contributed by atoms with E-state index in [2.05, 4.69) is 83.1 Å². The van der Waals surface area contributed by atoms with Crippen LogP contribution in [-0.4, -0.2) is 46.4 Å². The molecule has 1 aromatic heterocycles. The first-order valence-electron chi connectivity index (χ1n) is 10.00. The van der Waals surface area contributed by atoms with Crippen LogP contribution in [0.3, 0.4) is 0 Å². The Bertz CT molecular complexity index is 673. The molecule has 1 aliphatic heterocycles. The van der Waals surface area contributed by atoms with Gasteiger partial charge in [-0.1, -0.05) is 38.5 Å². The summed E-state index contributed by atoms with van der Waals surface area (Å²) in [5, 5.41) is 12.9. The van der Waals surface area contributed by atoms with E-state index >= 15 is 0 Å². The minimum atomic E-state index is -0.0455. The Kier molecular flexibility index (Phi) is 5.91. The second kappa shape index (κ2) is 8.16. The Morgan fingerprint density at radius 1 is 1.12 bits per heavy atom. The summed E-state index contributed by atoms with van der Waals surface area (Å²) in [5.41, 5.74) is 1.28. The van der Waals surface area contributed by atoms with Gasteiger partial charge in [0.25, 0.3) is 0 Å². The van der Waals surface area contributed by atoms with Crippen molar-refractivity contribution < 1.29 is 4.90 Å². The lowest BCUT2D eigenvalue weighted by Crippen LogP contribution is -3.15. The van der Waals surface area contributed by atoms with Crippen LogP contribution in [0, 0.1) is 0 Å². The first kappa shape index (κ1) is 18.8. The second-order valence-corrected chi connectivity index (χ2v) is 7.94. The number of para-hydroxylation sites is 1. The molecule has 26 heavy (non-hydrogen) atoms. The normalized spacial score (nSPS) is 17.5. The molecule has 0 bridgehead atoms. The molecule has 6 nitrogen and oxygen atoms in total.